The quantitative estimate of drug-likeness (QED) is 0.627. The Kier molecular flexibility index (Phi) is 6.24. The lowest BCUT2D eigenvalue weighted by Crippen LogP contribution is -2.22. The van der Waals surface area contributed by atoms with Crippen LogP contribution in [0.25, 0.3) is 6.08 Å². The number of ether oxygens (including phenoxy) is 1. The van der Waals surface area contributed by atoms with Crippen LogP contribution in [0.1, 0.15) is 17.5 Å². The van der Waals surface area contributed by atoms with E-state index in [4.69, 9.17) is 4.74 Å². The van der Waals surface area contributed by atoms with E-state index in [1.165, 1.54) is 5.56 Å². The fourth-order valence-corrected chi connectivity index (χ4v) is 2.09. The predicted octanol–water partition coefficient (Wildman–Crippen LogP) is 3.46. The third kappa shape index (κ3) is 5.44. The van der Waals surface area contributed by atoms with E-state index in [0.29, 0.717) is 6.54 Å². The topological polar surface area (TPSA) is 38.3 Å². The SMILES string of the molecule is COc1ccc(C=CC(=O)NCCCc2ccccc2)cc1. The molecule has 22 heavy (non-hydrogen) atoms. The van der Waals surface area contributed by atoms with Crippen LogP contribution >= 0.6 is 0 Å². The van der Waals surface area contributed by atoms with E-state index in [0.717, 1.165) is 24.2 Å². The van der Waals surface area contributed by atoms with Gasteiger partial charge in [0.05, 0.1) is 7.11 Å². The van der Waals surface area contributed by atoms with Gasteiger partial charge in [0, 0.05) is 12.6 Å². The summed E-state index contributed by atoms with van der Waals surface area (Å²) in [6.45, 7) is 0.681. The maximum Gasteiger partial charge on any atom is 0.243 e. The van der Waals surface area contributed by atoms with Crippen LogP contribution in [0.5, 0.6) is 5.75 Å². The highest BCUT2D eigenvalue weighted by Gasteiger charge is 1.96. The Morgan fingerprint density at radius 1 is 1.09 bits per heavy atom. The molecule has 0 aliphatic heterocycles. The van der Waals surface area contributed by atoms with Gasteiger partial charge in [0.25, 0.3) is 0 Å². The summed E-state index contributed by atoms with van der Waals surface area (Å²) in [5.41, 5.74) is 2.27. The van der Waals surface area contributed by atoms with Crippen molar-refractivity contribution in [3.05, 3.63) is 71.8 Å². The van der Waals surface area contributed by atoms with E-state index in [9.17, 15) is 4.79 Å². The van der Waals surface area contributed by atoms with Crippen molar-refractivity contribution in [1.82, 2.24) is 5.32 Å². The number of carbonyl (C=O) groups excluding carboxylic acids is 1. The number of amides is 1. The second kappa shape index (κ2) is 8.67. The highest BCUT2D eigenvalue weighted by Crippen LogP contribution is 2.12. The average molecular weight is 295 g/mol. The summed E-state index contributed by atoms with van der Waals surface area (Å²) >= 11 is 0. The van der Waals surface area contributed by atoms with Crippen LogP contribution in [0.15, 0.2) is 60.7 Å². The van der Waals surface area contributed by atoms with Crippen LogP contribution in [0.3, 0.4) is 0 Å². The molecule has 0 radical (unpaired) electrons. The molecule has 2 rings (SSSR count). The van der Waals surface area contributed by atoms with Crippen LogP contribution in [0.2, 0.25) is 0 Å². The zero-order valence-corrected chi connectivity index (χ0v) is 12.8. The zero-order chi connectivity index (χ0) is 15.6. The van der Waals surface area contributed by atoms with Crippen LogP contribution in [-0.4, -0.2) is 19.6 Å². The van der Waals surface area contributed by atoms with Gasteiger partial charge in [0.2, 0.25) is 5.91 Å². The molecule has 2 aromatic rings. The van der Waals surface area contributed by atoms with E-state index >= 15 is 0 Å². The van der Waals surface area contributed by atoms with E-state index < -0.39 is 0 Å². The molecule has 0 bridgehead atoms. The van der Waals surface area contributed by atoms with Crippen molar-refractivity contribution < 1.29 is 9.53 Å². The van der Waals surface area contributed by atoms with Gasteiger partial charge in [-0.2, -0.15) is 0 Å². The largest absolute Gasteiger partial charge is 0.497 e. The molecule has 3 heteroatoms. The number of nitrogens with one attached hydrogen (secondary N) is 1. The Balaban J connectivity index is 1.69. The molecule has 0 saturated heterocycles. The highest BCUT2D eigenvalue weighted by atomic mass is 16.5. The van der Waals surface area contributed by atoms with Crippen LogP contribution < -0.4 is 10.1 Å². The molecule has 0 aromatic heterocycles. The number of hydrogen-bond acceptors (Lipinski definition) is 2. The van der Waals surface area contributed by atoms with Gasteiger partial charge in [0.1, 0.15) is 5.75 Å². The van der Waals surface area contributed by atoms with Crippen molar-refractivity contribution in [2.45, 2.75) is 12.8 Å². The first-order valence-electron chi connectivity index (χ1n) is 7.42. The molecule has 0 unspecified atom stereocenters. The van der Waals surface area contributed by atoms with Crippen molar-refractivity contribution in [1.29, 1.82) is 0 Å². The number of methoxy groups -OCH3 is 1. The summed E-state index contributed by atoms with van der Waals surface area (Å²) in [5.74, 6) is 0.742. The Morgan fingerprint density at radius 3 is 2.50 bits per heavy atom. The number of aryl methyl sites for hydroxylation is 1. The van der Waals surface area contributed by atoms with Gasteiger partial charge in [-0.15, -0.1) is 0 Å². The third-order valence-corrected chi connectivity index (χ3v) is 3.33. The highest BCUT2D eigenvalue weighted by molar-refractivity contribution is 5.91. The second-order valence-corrected chi connectivity index (χ2v) is 4.99. The molecule has 0 heterocycles. The molecule has 0 aliphatic rings. The molecule has 3 nitrogen and oxygen atoms in total. The van der Waals surface area contributed by atoms with Gasteiger partial charge in [-0.1, -0.05) is 42.5 Å². The molecule has 0 fully saturated rings. The molecular weight excluding hydrogens is 274 g/mol. The number of carbonyl (C=O) groups is 1. The fourth-order valence-electron chi connectivity index (χ4n) is 2.09. The van der Waals surface area contributed by atoms with E-state index in [2.05, 4.69) is 17.4 Å². The van der Waals surface area contributed by atoms with Crippen molar-refractivity contribution in [3.8, 4) is 5.75 Å². The van der Waals surface area contributed by atoms with Crippen LogP contribution in [0, 0.1) is 0 Å². The molecule has 114 valence electrons. The predicted molar refractivity (Wildman–Crippen MR) is 89.8 cm³/mol. The van der Waals surface area contributed by atoms with Gasteiger partial charge in [-0.3, -0.25) is 4.79 Å². The van der Waals surface area contributed by atoms with Crippen molar-refractivity contribution in [2.75, 3.05) is 13.7 Å². The molecule has 2 aromatic carbocycles. The molecule has 0 saturated carbocycles. The zero-order valence-electron chi connectivity index (χ0n) is 12.8. The molecule has 1 amide bonds. The Bertz CT molecular complexity index is 603. The van der Waals surface area contributed by atoms with Crippen molar-refractivity contribution in [2.24, 2.45) is 0 Å². The van der Waals surface area contributed by atoms with Gasteiger partial charge < -0.3 is 10.1 Å². The van der Waals surface area contributed by atoms with Crippen molar-refractivity contribution in [3.63, 3.8) is 0 Å². The minimum Gasteiger partial charge on any atom is -0.497 e. The standard InChI is InChI=1S/C19H21NO2/c1-22-18-12-9-17(10-13-18)11-14-19(21)20-15-5-8-16-6-3-2-4-7-16/h2-4,6-7,9-14H,5,8,15H2,1H3,(H,20,21). The number of benzene rings is 2. The number of hydrogen-bond donors (Lipinski definition) is 1. The maximum atomic E-state index is 11.7. The number of rotatable bonds is 7. The summed E-state index contributed by atoms with van der Waals surface area (Å²) in [7, 11) is 1.63. The van der Waals surface area contributed by atoms with Gasteiger partial charge in [-0.05, 0) is 42.2 Å². The van der Waals surface area contributed by atoms with Gasteiger partial charge >= 0.3 is 0 Å². The minimum atomic E-state index is -0.0659. The molecule has 0 atom stereocenters. The van der Waals surface area contributed by atoms with E-state index in [1.807, 2.05) is 42.5 Å². The summed E-state index contributed by atoms with van der Waals surface area (Å²) in [6, 6.07) is 17.9. The molecule has 1 N–H and O–H groups in total. The smallest absolute Gasteiger partial charge is 0.243 e. The maximum absolute atomic E-state index is 11.7. The van der Waals surface area contributed by atoms with Gasteiger partial charge in [-0.25, -0.2) is 0 Å². The third-order valence-electron chi connectivity index (χ3n) is 3.33. The summed E-state index contributed by atoms with van der Waals surface area (Å²) in [4.78, 5) is 11.7. The lowest BCUT2D eigenvalue weighted by atomic mass is 10.1. The molecular formula is C19H21NO2. The fraction of sp³-hybridized carbons (Fsp3) is 0.211. The average Bonchev–Trinajstić information content (AvgIpc) is 2.58. The second-order valence-electron chi connectivity index (χ2n) is 4.99. The first-order valence-corrected chi connectivity index (χ1v) is 7.42. The first-order chi connectivity index (χ1) is 10.8. The Labute approximate surface area is 131 Å². The van der Waals surface area contributed by atoms with Gasteiger partial charge in [0.15, 0.2) is 0 Å². The van der Waals surface area contributed by atoms with E-state index in [1.54, 1.807) is 19.3 Å². The first kappa shape index (κ1) is 15.8. The molecule has 0 spiro atoms. The van der Waals surface area contributed by atoms with Crippen molar-refractivity contribution >= 4 is 12.0 Å². The summed E-state index contributed by atoms with van der Waals surface area (Å²) in [5, 5.41) is 2.90. The normalized spacial score (nSPS) is 10.6. The Hall–Kier alpha value is -2.55. The Morgan fingerprint density at radius 2 is 1.82 bits per heavy atom. The summed E-state index contributed by atoms with van der Waals surface area (Å²) in [6.07, 6.45) is 5.27. The minimum absolute atomic E-state index is 0.0659. The lowest BCUT2D eigenvalue weighted by molar-refractivity contribution is -0.116. The van der Waals surface area contributed by atoms with Crippen LogP contribution in [0.4, 0.5) is 0 Å². The van der Waals surface area contributed by atoms with E-state index in [-0.39, 0.29) is 5.91 Å². The summed E-state index contributed by atoms with van der Waals surface area (Å²) < 4.78 is 5.09. The lowest BCUT2D eigenvalue weighted by Gasteiger charge is -2.03. The monoisotopic (exact) mass is 295 g/mol. The molecule has 0 aliphatic carbocycles. The van der Waals surface area contributed by atoms with Crippen LogP contribution in [-0.2, 0) is 11.2 Å².